The number of nitrogens with one attached hydrogen (secondary N) is 1. The van der Waals surface area contributed by atoms with Crippen molar-refractivity contribution in [2.24, 2.45) is 0 Å². The number of anilines is 1. The number of hydrogen-bond acceptors (Lipinski definition) is 3. The molecule has 0 saturated heterocycles. The van der Waals surface area contributed by atoms with Gasteiger partial charge >= 0.3 is 0 Å². The summed E-state index contributed by atoms with van der Waals surface area (Å²) in [5.74, 6) is -0.0144. The molecule has 3 aromatic rings. The van der Waals surface area contributed by atoms with Crippen LogP contribution >= 0.6 is 0 Å². The molecule has 0 saturated carbocycles. The van der Waals surface area contributed by atoms with Gasteiger partial charge in [-0.05, 0) is 55.5 Å². The summed E-state index contributed by atoms with van der Waals surface area (Å²) in [6.45, 7) is 2.44. The number of pyridine rings is 1. The minimum absolute atomic E-state index is 0.306. The second kappa shape index (κ2) is 6.44. The van der Waals surface area contributed by atoms with E-state index in [1.54, 1.807) is 24.4 Å². The zero-order chi connectivity index (χ0) is 16.2. The smallest absolute Gasteiger partial charge is 0.255 e. The number of rotatable bonds is 4. The van der Waals surface area contributed by atoms with E-state index >= 15 is 0 Å². The van der Waals surface area contributed by atoms with E-state index in [0.29, 0.717) is 29.1 Å². The second-order valence-corrected chi connectivity index (χ2v) is 4.90. The third-order valence-corrected chi connectivity index (χ3v) is 3.39. The fourth-order valence-electron chi connectivity index (χ4n) is 2.32. The standard InChI is InChI=1S/C18H15FN2O2/c1-2-23-16-10-9-15(14-4-3-11-20-17(14)16)21-18(22)12-5-7-13(19)8-6-12/h3-11H,2H2,1H3,(H,21,22). The van der Waals surface area contributed by atoms with Crippen LogP contribution in [0.1, 0.15) is 17.3 Å². The van der Waals surface area contributed by atoms with Crippen LogP contribution in [0.5, 0.6) is 5.75 Å². The number of carbonyl (C=O) groups is 1. The van der Waals surface area contributed by atoms with E-state index in [1.165, 1.54) is 24.3 Å². The largest absolute Gasteiger partial charge is 0.492 e. The molecule has 1 heterocycles. The normalized spacial score (nSPS) is 10.5. The third-order valence-electron chi connectivity index (χ3n) is 3.39. The predicted octanol–water partition coefficient (Wildman–Crippen LogP) is 4.02. The van der Waals surface area contributed by atoms with Gasteiger partial charge in [-0.2, -0.15) is 0 Å². The number of ether oxygens (including phenoxy) is 1. The molecule has 1 amide bonds. The minimum atomic E-state index is -0.378. The first-order valence-electron chi connectivity index (χ1n) is 7.26. The average molecular weight is 310 g/mol. The molecule has 0 atom stereocenters. The van der Waals surface area contributed by atoms with Gasteiger partial charge in [0.05, 0.1) is 12.3 Å². The van der Waals surface area contributed by atoms with Gasteiger partial charge in [0.1, 0.15) is 17.1 Å². The number of fused-ring (bicyclic) bond motifs is 1. The van der Waals surface area contributed by atoms with Gasteiger partial charge in [0.2, 0.25) is 0 Å². The monoisotopic (exact) mass is 310 g/mol. The van der Waals surface area contributed by atoms with Gasteiger partial charge < -0.3 is 10.1 Å². The van der Waals surface area contributed by atoms with Crippen molar-refractivity contribution in [1.82, 2.24) is 4.98 Å². The van der Waals surface area contributed by atoms with Crippen molar-refractivity contribution in [3.05, 3.63) is 66.1 Å². The first kappa shape index (κ1) is 15.0. The predicted molar refractivity (Wildman–Crippen MR) is 87.3 cm³/mol. The van der Waals surface area contributed by atoms with E-state index in [9.17, 15) is 9.18 Å². The Morgan fingerprint density at radius 1 is 1.17 bits per heavy atom. The molecule has 116 valence electrons. The summed E-state index contributed by atoms with van der Waals surface area (Å²) in [4.78, 5) is 16.6. The number of amides is 1. The highest BCUT2D eigenvalue weighted by Gasteiger charge is 2.11. The summed E-state index contributed by atoms with van der Waals surface area (Å²) in [6, 6.07) is 12.6. The van der Waals surface area contributed by atoms with E-state index in [4.69, 9.17) is 4.74 Å². The summed E-state index contributed by atoms with van der Waals surface area (Å²) in [7, 11) is 0. The summed E-state index contributed by atoms with van der Waals surface area (Å²) in [5.41, 5.74) is 1.70. The lowest BCUT2D eigenvalue weighted by Crippen LogP contribution is -2.12. The maximum absolute atomic E-state index is 12.9. The van der Waals surface area contributed by atoms with Gasteiger partial charge in [-0.25, -0.2) is 4.39 Å². The molecule has 0 fully saturated rings. The molecule has 5 heteroatoms. The number of hydrogen-bond donors (Lipinski definition) is 1. The number of nitrogens with zero attached hydrogens (tertiary/aromatic N) is 1. The fraction of sp³-hybridized carbons (Fsp3) is 0.111. The Bertz CT molecular complexity index is 847. The van der Waals surface area contributed by atoms with Gasteiger partial charge in [-0.15, -0.1) is 0 Å². The van der Waals surface area contributed by atoms with Crippen molar-refractivity contribution in [2.75, 3.05) is 11.9 Å². The molecule has 1 aromatic heterocycles. The van der Waals surface area contributed by atoms with Crippen LogP contribution in [0.4, 0.5) is 10.1 Å². The van der Waals surface area contributed by atoms with Crippen molar-refractivity contribution >= 4 is 22.5 Å². The van der Waals surface area contributed by atoms with Gasteiger partial charge in [-0.3, -0.25) is 9.78 Å². The topological polar surface area (TPSA) is 51.2 Å². The van der Waals surface area contributed by atoms with Crippen LogP contribution in [0.15, 0.2) is 54.7 Å². The number of benzene rings is 2. The van der Waals surface area contributed by atoms with Gasteiger partial charge in [0, 0.05) is 17.1 Å². The Hall–Kier alpha value is -2.95. The molecular weight excluding hydrogens is 295 g/mol. The summed E-state index contributed by atoms with van der Waals surface area (Å²) < 4.78 is 18.5. The van der Waals surface area contributed by atoms with E-state index in [1.807, 2.05) is 13.0 Å². The Morgan fingerprint density at radius 2 is 1.96 bits per heavy atom. The van der Waals surface area contributed by atoms with Crippen molar-refractivity contribution in [3.8, 4) is 5.75 Å². The molecule has 3 rings (SSSR count). The fourth-order valence-corrected chi connectivity index (χ4v) is 2.32. The van der Waals surface area contributed by atoms with Crippen LogP contribution in [0.3, 0.4) is 0 Å². The van der Waals surface area contributed by atoms with Crippen molar-refractivity contribution in [3.63, 3.8) is 0 Å². The molecule has 0 aliphatic rings. The number of carbonyl (C=O) groups excluding carboxylic acids is 1. The Labute approximate surface area is 132 Å². The van der Waals surface area contributed by atoms with Crippen LogP contribution in [0, 0.1) is 5.82 Å². The highest BCUT2D eigenvalue weighted by Crippen LogP contribution is 2.30. The van der Waals surface area contributed by atoms with Gasteiger partial charge in [0.15, 0.2) is 0 Å². The van der Waals surface area contributed by atoms with E-state index < -0.39 is 0 Å². The molecule has 0 bridgehead atoms. The average Bonchev–Trinajstić information content (AvgIpc) is 2.58. The minimum Gasteiger partial charge on any atom is -0.492 e. The molecule has 0 radical (unpaired) electrons. The van der Waals surface area contributed by atoms with Crippen LogP contribution in [-0.4, -0.2) is 17.5 Å². The first-order chi connectivity index (χ1) is 11.2. The van der Waals surface area contributed by atoms with Crippen LogP contribution in [0.25, 0.3) is 10.9 Å². The maximum Gasteiger partial charge on any atom is 0.255 e. The SMILES string of the molecule is CCOc1ccc(NC(=O)c2ccc(F)cc2)c2cccnc12. The molecule has 23 heavy (non-hydrogen) atoms. The van der Waals surface area contributed by atoms with Gasteiger partial charge in [-0.1, -0.05) is 0 Å². The van der Waals surface area contributed by atoms with E-state index in [0.717, 1.165) is 5.39 Å². The number of aromatic nitrogens is 1. The third kappa shape index (κ3) is 3.13. The quantitative estimate of drug-likeness (QED) is 0.791. The van der Waals surface area contributed by atoms with Crippen LogP contribution in [0.2, 0.25) is 0 Å². The van der Waals surface area contributed by atoms with E-state index in [2.05, 4.69) is 10.3 Å². The summed E-state index contributed by atoms with van der Waals surface area (Å²) in [5, 5.41) is 3.62. The molecule has 2 aromatic carbocycles. The van der Waals surface area contributed by atoms with Crippen molar-refractivity contribution in [2.45, 2.75) is 6.92 Å². The molecule has 0 unspecified atom stereocenters. The molecular formula is C18H15FN2O2. The zero-order valence-corrected chi connectivity index (χ0v) is 12.5. The molecule has 1 N–H and O–H groups in total. The highest BCUT2D eigenvalue weighted by atomic mass is 19.1. The van der Waals surface area contributed by atoms with Gasteiger partial charge in [0.25, 0.3) is 5.91 Å². The number of halogens is 1. The van der Waals surface area contributed by atoms with Crippen molar-refractivity contribution in [1.29, 1.82) is 0 Å². The van der Waals surface area contributed by atoms with Crippen LogP contribution in [-0.2, 0) is 0 Å². The molecule has 4 nitrogen and oxygen atoms in total. The lowest BCUT2D eigenvalue weighted by atomic mass is 10.1. The van der Waals surface area contributed by atoms with Crippen LogP contribution < -0.4 is 10.1 Å². The first-order valence-corrected chi connectivity index (χ1v) is 7.26. The zero-order valence-electron chi connectivity index (χ0n) is 12.5. The Balaban J connectivity index is 1.95. The second-order valence-electron chi connectivity index (χ2n) is 4.90. The summed E-state index contributed by atoms with van der Waals surface area (Å²) >= 11 is 0. The Kier molecular flexibility index (Phi) is 4.19. The molecule has 0 aliphatic heterocycles. The molecule has 0 spiro atoms. The summed E-state index contributed by atoms with van der Waals surface area (Å²) in [6.07, 6.45) is 1.68. The van der Waals surface area contributed by atoms with Crippen molar-refractivity contribution < 1.29 is 13.9 Å². The lowest BCUT2D eigenvalue weighted by Gasteiger charge is -2.12. The Morgan fingerprint density at radius 3 is 2.70 bits per heavy atom. The molecule has 0 aliphatic carbocycles. The maximum atomic E-state index is 12.9. The lowest BCUT2D eigenvalue weighted by molar-refractivity contribution is 0.102. The highest BCUT2D eigenvalue weighted by molar-refractivity contribution is 6.09. The van der Waals surface area contributed by atoms with E-state index in [-0.39, 0.29) is 11.7 Å².